The van der Waals surface area contributed by atoms with Gasteiger partial charge in [0.05, 0.1) is 15.5 Å². The molecule has 0 saturated heterocycles. The summed E-state index contributed by atoms with van der Waals surface area (Å²) in [6.07, 6.45) is 0. The summed E-state index contributed by atoms with van der Waals surface area (Å²) in [4.78, 5) is 0.911. The Morgan fingerprint density at radius 2 is 2.05 bits per heavy atom. The van der Waals surface area contributed by atoms with E-state index in [9.17, 15) is 0 Å². The van der Waals surface area contributed by atoms with Gasteiger partial charge in [0, 0.05) is 12.1 Å². The Labute approximate surface area is 130 Å². The third-order valence-corrected chi connectivity index (χ3v) is 4.62. The van der Waals surface area contributed by atoms with Crippen molar-refractivity contribution in [1.82, 2.24) is 9.78 Å². The number of nitrogen functional groups attached to an aromatic ring is 1. The van der Waals surface area contributed by atoms with Crippen LogP contribution in [0.4, 0.5) is 5.82 Å². The normalized spacial score (nSPS) is 10.9. The molecule has 0 bridgehead atoms. The van der Waals surface area contributed by atoms with Crippen LogP contribution in [0.2, 0.25) is 10.0 Å². The number of benzene rings is 1. The maximum absolute atomic E-state index is 6.22. The zero-order chi connectivity index (χ0) is 14.3. The lowest BCUT2D eigenvalue weighted by atomic mass is 10.0. The Morgan fingerprint density at radius 1 is 1.25 bits per heavy atom. The molecule has 0 aliphatic heterocycles. The molecule has 0 atom stereocenters. The van der Waals surface area contributed by atoms with E-state index < -0.39 is 0 Å². The van der Waals surface area contributed by atoms with Crippen molar-refractivity contribution in [3.63, 3.8) is 0 Å². The minimum atomic E-state index is 0.590. The summed E-state index contributed by atoms with van der Waals surface area (Å²) in [7, 11) is 1.81. The lowest BCUT2D eigenvalue weighted by Gasteiger charge is -2.04. The highest BCUT2D eigenvalue weighted by atomic mass is 35.5. The van der Waals surface area contributed by atoms with E-state index in [1.807, 2.05) is 42.8 Å². The van der Waals surface area contributed by atoms with Crippen LogP contribution in [0.25, 0.3) is 21.7 Å². The fourth-order valence-corrected chi connectivity index (χ4v) is 3.41. The largest absolute Gasteiger partial charge is 0.383 e. The van der Waals surface area contributed by atoms with Gasteiger partial charge >= 0.3 is 0 Å². The maximum Gasteiger partial charge on any atom is 0.129 e. The van der Waals surface area contributed by atoms with Crippen molar-refractivity contribution in [1.29, 1.82) is 0 Å². The standard InChI is InChI=1S/C14H11Cl2N3S/c1-19-14(17)11(8-3-2-4-9(15)7-8)12(18-19)13-10(16)5-6-20-13/h2-7H,17H2,1H3. The molecule has 3 aromatic rings. The molecule has 2 aromatic heterocycles. The molecular weight excluding hydrogens is 313 g/mol. The number of hydrogen-bond donors (Lipinski definition) is 1. The van der Waals surface area contributed by atoms with Gasteiger partial charge < -0.3 is 5.73 Å². The number of hydrogen-bond acceptors (Lipinski definition) is 3. The summed E-state index contributed by atoms with van der Waals surface area (Å²) in [5.41, 5.74) is 8.74. The number of anilines is 1. The third kappa shape index (κ3) is 2.20. The first-order valence-corrected chi connectivity index (χ1v) is 7.53. The van der Waals surface area contributed by atoms with E-state index in [4.69, 9.17) is 28.9 Å². The first-order valence-electron chi connectivity index (χ1n) is 5.89. The zero-order valence-corrected chi connectivity index (χ0v) is 12.9. The molecule has 1 aromatic carbocycles. The average Bonchev–Trinajstić information content (AvgIpc) is 2.94. The zero-order valence-electron chi connectivity index (χ0n) is 10.6. The van der Waals surface area contributed by atoms with E-state index in [0.29, 0.717) is 15.9 Å². The summed E-state index contributed by atoms with van der Waals surface area (Å²) < 4.78 is 1.65. The summed E-state index contributed by atoms with van der Waals surface area (Å²) in [6.45, 7) is 0. The second-order valence-corrected chi connectivity index (χ2v) is 6.10. The van der Waals surface area contributed by atoms with E-state index in [-0.39, 0.29) is 0 Å². The van der Waals surface area contributed by atoms with Gasteiger partial charge in [0.2, 0.25) is 0 Å². The first-order chi connectivity index (χ1) is 9.58. The maximum atomic E-state index is 6.22. The van der Waals surface area contributed by atoms with Gasteiger partial charge in [-0.1, -0.05) is 35.3 Å². The summed E-state index contributed by atoms with van der Waals surface area (Å²) >= 11 is 13.8. The number of halogens is 2. The molecule has 3 nitrogen and oxygen atoms in total. The predicted molar refractivity (Wildman–Crippen MR) is 86.4 cm³/mol. The number of nitrogens with two attached hydrogens (primary N) is 1. The quantitative estimate of drug-likeness (QED) is 0.742. The van der Waals surface area contributed by atoms with E-state index in [1.165, 1.54) is 0 Å². The van der Waals surface area contributed by atoms with Crippen LogP contribution >= 0.6 is 34.5 Å². The molecule has 0 amide bonds. The number of aromatic nitrogens is 2. The van der Waals surface area contributed by atoms with Gasteiger partial charge in [0.25, 0.3) is 0 Å². The van der Waals surface area contributed by atoms with Crippen LogP contribution in [0.3, 0.4) is 0 Å². The molecule has 0 radical (unpaired) electrons. The van der Waals surface area contributed by atoms with Gasteiger partial charge in [-0.15, -0.1) is 11.3 Å². The van der Waals surface area contributed by atoms with Gasteiger partial charge in [-0.2, -0.15) is 5.10 Å². The first kappa shape index (κ1) is 13.5. The number of nitrogens with zero attached hydrogens (tertiary/aromatic N) is 2. The van der Waals surface area contributed by atoms with Gasteiger partial charge in [-0.25, -0.2) is 0 Å². The molecule has 0 aliphatic carbocycles. The molecule has 20 heavy (non-hydrogen) atoms. The minimum Gasteiger partial charge on any atom is -0.383 e. The Kier molecular flexibility index (Phi) is 3.46. The SMILES string of the molecule is Cn1nc(-c2sccc2Cl)c(-c2cccc(Cl)c2)c1N. The molecule has 3 rings (SSSR count). The highest BCUT2D eigenvalue weighted by Gasteiger charge is 2.20. The van der Waals surface area contributed by atoms with Gasteiger partial charge in [-0.05, 0) is 29.1 Å². The lowest BCUT2D eigenvalue weighted by molar-refractivity contribution is 0.783. The minimum absolute atomic E-state index is 0.590. The molecule has 0 spiro atoms. The molecule has 0 unspecified atom stereocenters. The summed E-state index contributed by atoms with van der Waals surface area (Å²) in [5, 5.41) is 7.77. The van der Waals surface area contributed by atoms with E-state index in [0.717, 1.165) is 21.7 Å². The summed E-state index contributed by atoms with van der Waals surface area (Å²) in [6, 6.07) is 9.41. The molecule has 0 saturated carbocycles. The number of aryl methyl sites for hydroxylation is 1. The van der Waals surface area contributed by atoms with Crippen LogP contribution in [0.15, 0.2) is 35.7 Å². The summed E-state index contributed by atoms with van der Waals surface area (Å²) in [5.74, 6) is 0.590. The molecule has 0 aliphatic rings. The molecular formula is C14H11Cl2N3S. The van der Waals surface area contributed by atoms with E-state index in [2.05, 4.69) is 5.10 Å². The molecule has 6 heteroatoms. The van der Waals surface area contributed by atoms with Crippen molar-refractivity contribution in [3.05, 3.63) is 45.8 Å². The molecule has 0 fully saturated rings. The monoisotopic (exact) mass is 323 g/mol. The molecule has 102 valence electrons. The third-order valence-electron chi connectivity index (χ3n) is 3.04. The van der Waals surface area contributed by atoms with Crippen molar-refractivity contribution in [2.75, 3.05) is 5.73 Å². The van der Waals surface area contributed by atoms with Crippen molar-refractivity contribution in [2.24, 2.45) is 7.05 Å². The van der Waals surface area contributed by atoms with E-state index >= 15 is 0 Å². The van der Waals surface area contributed by atoms with Crippen LogP contribution in [0.1, 0.15) is 0 Å². The Morgan fingerprint density at radius 3 is 2.70 bits per heavy atom. The second kappa shape index (κ2) is 5.13. The molecule has 2 heterocycles. The Bertz CT molecular complexity index is 777. The highest BCUT2D eigenvalue weighted by molar-refractivity contribution is 7.14. The fraction of sp³-hybridized carbons (Fsp3) is 0.0714. The predicted octanol–water partition coefficient (Wildman–Crippen LogP) is 4.70. The van der Waals surface area contributed by atoms with Crippen molar-refractivity contribution in [3.8, 4) is 21.7 Å². The number of rotatable bonds is 2. The van der Waals surface area contributed by atoms with Gasteiger partial charge in [0.15, 0.2) is 0 Å². The number of thiophene rings is 1. The van der Waals surface area contributed by atoms with Gasteiger partial charge in [-0.3, -0.25) is 4.68 Å². The second-order valence-electron chi connectivity index (χ2n) is 4.34. The Balaban J connectivity index is 2.28. The smallest absolute Gasteiger partial charge is 0.129 e. The Hall–Kier alpha value is -1.49. The van der Waals surface area contributed by atoms with Crippen molar-refractivity contribution < 1.29 is 0 Å². The van der Waals surface area contributed by atoms with Gasteiger partial charge in [0.1, 0.15) is 11.5 Å². The lowest BCUT2D eigenvalue weighted by Crippen LogP contribution is -1.97. The topological polar surface area (TPSA) is 43.8 Å². The van der Waals surface area contributed by atoms with Crippen LogP contribution in [-0.2, 0) is 7.05 Å². The fourth-order valence-electron chi connectivity index (χ4n) is 2.09. The highest BCUT2D eigenvalue weighted by Crippen LogP contribution is 2.41. The van der Waals surface area contributed by atoms with Crippen molar-refractivity contribution in [2.45, 2.75) is 0 Å². The van der Waals surface area contributed by atoms with Crippen molar-refractivity contribution >= 4 is 40.4 Å². The van der Waals surface area contributed by atoms with E-state index in [1.54, 1.807) is 16.0 Å². The van der Waals surface area contributed by atoms with Crippen LogP contribution < -0.4 is 5.73 Å². The van der Waals surface area contributed by atoms with Crippen LogP contribution in [0, 0.1) is 0 Å². The average molecular weight is 324 g/mol. The molecule has 2 N–H and O–H groups in total. The van der Waals surface area contributed by atoms with Crippen LogP contribution in [-0.4, -0.2) is 9.78 Å². The van der Waals surface area contributed by atoms with Crippen LogP contribution in [0.5, 0.6) is 0 Å².